The van der Waals surface area contributed by atoms with Gasteiger partial charge in [-0.3, -0.25) is 0 Å². The summed E-state index contributed by atoms with van der Waals surface area (Å²) in [5.74, 6) is 0.684. The smallest absolute Gasteiger partial charge is 0.225 e. The minimum Gasteiger partial charge on any atom is -0.354 e. The van der Waals surface area contributed by atoms with E-state index >= 15 is 0 Å². The van der Waals surface area contributed by atoms with Crippen LogP contribution in [0.5, 0.6) is 0 Å². The Morgan fingerprint density at radius 2 is 2.32 bits per heavy atom. The summed E-state index contributed by atoms with van der Waals surface area (Å²) < 4.78 is 4.91. The van der Waals surface area contributed by atoms with Gasteiger partial charge in [-0.05, 0) is 41.2 Å². The first-order valence-corrected chi connectivity index (χ1v) is 8.27. The minimum atomic E-state index is 0.684. The first kappa shape index (κ1) is 12.8. The average molecular weight is 309 g/mol. The molecule has 0 saturated heterocycles. The lowest BCUT2D eigenvalue weighted by atomic mass is 10.4. The van der Waals surface area contributed by atoms with Gasteiger partial charge in [0.2, 0.25) is 5.95 Å². The second-order valence-electron chi connectivity index (χ2n) is 3.73. The van der Waals surface area contributed by atoms with Gasteiger partial charge in [-0.1, -0.05) is 6.92 Å². The van der Waals surface area contributed by atoms with Crippen molar-refractivity contribution in [2.45, 2.75) is 22.7 Å². The molecule has 0 spiro atoms. The molecule has 8 heteroatoms. The lowest BCUT2D eigenvalue weighted by molar-refractivity contribution is 0.947. The molecule has 3 heterocycles. The van der Waals surface area contributed by atoms with E-state index < -0.39 is 0 Å². The number of fused-ring (bicyclic) bond motifs is 1. The van der Waals surface area contributed by atoms with Crippen LogP contribution in [0.2, 0.25) is 0 Å². The Labute approximate surface area is 122 Å². The summed E-state index contributed by atoms with van der Waals surface area (Å²) in [5, 5.41) is 7.28. The van der Waals surface area contributed by atoms with Gasteiger partial charge in [-0.2, -0.15) is 4.37 Å². The summed E-state index contributed by atoms with van der Waals surface area (Å²) in [7, 11) is 0. The number of anilines is 1. The van der Waals surface area contributed by atoms with Crippen LogP contribution in [0.1, 0.15) is 13.3 Å². The summed E-state index contributed by atoms with van der Waals surface area (Å²) in [6.45, 7) is 2.99. The highest BCUT2D eigenvalue weighted by atomic mass is 32.2. The highest BCUT2D eigenvalue weighted by molar-refractivity contribution is 8.01. The molecule has 3 aromatic rings. The van der Waals surface area contributed by atoms with Crippen LogP contribution < -0.4 is 5.32 Å². The first-order valence-electron chi connectivity index (χ1n) is 5.80. The van der Waals surface area contributed by atoms with Crippen LogP contribution in [-0.4, -0.2) is 25.9 Å². The maximum atomic E-state index is 4.57. The van der Waals surface area contributed by atoms with Gasteiger partial charge in [0.15, 0.2) is 4.34 Å². The van der Waals surface area contributed by atoms with Gasteiger partial charge in [0.1, 0.15) is 16.2 Å². The van der Waals surface area contributed by atoms with Gasteiger partial charge in [-0.25, -0.2) is 15.0 Å². The molecule has 0 bridgehead atoms. The van der Waals surface area contributed by atoms with Crippen molar-refractivity contribution in [3.05, 3.63) is 17.8 Å². The van der Waals surface area contributed by atoms with E-state index in [2.05, 4.69) is 31.6 Å². The Hall–Kier alpha value is -1.25. The molecule has 98 valence electrons. The normalized spacial score (nSPS) is 11.0. The predicted octanol–water partition coefficient (Wildman–Crippen LogP) is 3.52. The number of aromatic nitrogens is 4. The third-order valence-corrected chi connectivity index (χ3v) is 4.87. The zero-order chi connectivity index (χ0) is 13.1. The maximum absolute atomic E-state index is 4.57. The van der Waals surface area contributed by atoms with Gasteiger partial charge in [0, 0.05) is 11.9 Å². The highest BCUT2D eigenvalue weighted by Gasteiger charge is 2.11. The lowest BCUT2D eigenvalue weighted by Gasteiger charge is -2.05. The van der Waals surface area contributed by atoms with E-state index in [4.69, 9.17) is 0 Å². The average Bonchev–Trinajstić information content (AvgIpc) is 3.06. The second kappa shape index (κ2) is 5.81. The Morgan fingerprint density at radius 3 is 3.11 bits per heavy atom. The van der Waals surface area contributed by atoms with Crippen molar-refractivity contribution >= 4 is 50.8 Å². The van der Waals surface area contributed by atoms with Crippen LogP contribution in [0.4, 0.5) is 5.95 Å². The van der Waals surface area contributed by atoms with Crippen molar-refractivity contribution in [1.82, 2.24) is 19.3 Å². The number of nitrogens with one attached hydrogen (secondary N) is 1. The first-order chi connectivity index (χ1) is 9.36. The van der Waals surface area contributed by atoms with Crippen molar-refractivity contribution in [3.8, 4) is 0 Å². The van der Waals surface area contributed by atoms with Crippen LogP contribution >= 0.6 is 34.6 Å². The standard InChI is InChI=1S/C11H11N5S3/c1-2-4-12-10-15-8-7(3-5-17-8)9(16-10)18-11-13-6-14-19-11/h3,5-6H,2,4H2,1H3,(H,12,15,16). The molecule has 0 unspecified atom stereocenters. The Balaban J connectivity index is 1.97. The lowest BCUT2D eigenvalue weighted by Crippen LogP contribution is -2.04. The van der Waals surface area contributed by atoms with Crippen molar-refractivity contribution in [2.75, 3.05) is 11.9 Å². The molecule has 0 aliphatic rings. The summed E-state index contributed by atoms with van der Waals surface area (Å²) in [4.78, 5) is 14.3. The van der Waals surface area contributed by atoms with E-state index in [-0.39, 0.29) is 0 Å². The van der Waals surface area contributed by atoms with Crippen LogP contribution in [0, 0.1) is 0 Å². The van der Waals surface area contributed by atoms with Gasteiger partial charge in [-0.15, -0.1) is 11.3 Å². The fourth-order valence-corrected chi connectivity index (χ4v) is 3.81. The molecule has 0 aliphatic heterocycles. The Morgan fingerprint density at radius 1 is 1.37 bits per heavy atom. The zero-order valence-corrected chi connectivity index (χ0v) is 12.6. The largest absolute Gasteiger partial charge is 0.354 e. The predicted molar refractivity (Wildman–Crippen MR) is 80.2 cm³/mol. The topological polar surface area (TPSA) is 63.6 Å². The van der Waals surface area contributed by atoms with E-state index in [0.29, 0.717) is 5.95 Å². The van der Waals surface area contributed by atoms with E-state index in [9.17, 15) is 0 Å². The maximum Gasteiger partial charge on any atom is 0.225 e. The van der Waals surface area contributed by atoms with E-state index in [0.717, 1.165) is 32.5 Å². The van der Waals surface area contributed by atoms with Crippen molar-refractivity contribution < 1.29 is 0 Å². The van der Waals surface area contributed by atoms with E-state index in [1.54, 1.807) is 17.7 Å². The quantitative estimate of drug-likeness (QED) is 0.728. The summed E-state index contributed by atoms with van der Waals surface area (Å²) in [5.41, 5.74) is 0. The minimum absolute atomic E-state index is 0.684. The Bertz CT molecular complexity index is 664. The molecule has 0 atom stereocenters. The zero-order valence-electron chi connectivity index (χ0n) is 10.2. The SMILES string of the molecule is CCCNc1nc(Sc2ncns2)c2ccsc2n1. The van der Waals surface area contributed by atoms with Crippen molar-refractivity contribution in [3.63, 3.8) is 0 Å². The molecule has 3 rings (SSSR count). The van der Waals surface area contributed by atoms with Gasteiger partial charge in [0.05, 0.1) is 0 Å². The number of hydrogen-bond acceptors (Lipinski definition) is 8. The molecule has 0 radical (unpaired) electrons. The monoisotopic (exact) mass is 309 g/mol. The molecule has 5 nitrogen and oxygen atoms in total. The fourth-order valence-electron chi connectivity index (χ4n) is 1.51. The summed E-state index contributed by atoms with van der Waals surface area (Å²) in [6, 6.07) is 2.05. The highest BCUT2D eigenvalue weighted by Crippen LogP contribution is 2.34. The molecule has 0 fully saturated rings. The number of rotatable bonds is 5. The third kappa shape index (κ3) is 2.85. The van der Waals surface area contributed by atoms with Crippen LogP contribution in [-0.2, 0) is 0 Å². The molecular formula is C11H11N5S3. The van der Waals surface area contributed by atoms with Gasteiger partial charge < -0.3 is 5.32 Å². The van der Waals surface area contributed by atoms with Gasteiger partial charge >= 0.3 is 0 Å². The molecule has 3 aromatic heterocycles. The van der Waals surface area contributed by atoms with Crippen LogP contribution in [0.15, 0.2) is 27.1 Å². The molecule has 0 aliphatic carbocycles. The summed E-state index contributed by atoms with van der Waals surface area (Å²) in [6.07, 6.45) is 2.61. The molecule has 0 saturated carbocycles. The number of nitrogens with zero attached hydrogens (tertiary/aromatic N) is 4. The molecule has 0 amide bonds. The fraction of sp³-hybridized carbons (Fsp3) is 0.273. The van der Waals surface area contributed by atoms with Crippen LogP contribution in [0.25, 0.3) is 10.2 Å². The number of hydrogen-bond donors (Lipinski definition) is 1. The van der Waals surface area contributed by atoms with E-state index in [1.807, 2.05) is 11.4 Å². The molecule has 19 heavy (non-hydrogen) atoms. The van der Waals surface area contributed by atoms with Crippen molar-refractivity contribution in [2.24, 2.45) is 0 Å². The number of thiophene rings is 1. The van der Waals surface area contributed by atoms with Gasteiger partial charge in [0.25, 0.3) is 0 Å². The third-order valence-electron chi connectivity index (χ3n) is 2.35. The van der Waals surface area contributed by atoms with E-state index in [1.165, 1.54) is 23.3 Å². The summed E-state index contributed by atoms with van der Waals surface area (Å²) >= 11 is 4.54. The molecule has 0 aromatic carbocycles. The Kier molecular flexibility index (Phi) is 3.90. The van der Waals surface area contributed by atoms with Crippen molar-refractivity contribution in [1.29, 1.82) is 0 Å². The second-order valence-corrected chi connectivity index (χ2v) is 6.64. The molecular weight excluding hydrogens is 298 g/mol. The van der Waals surface area contributed by atoms with Crippen LogP contribution in [0.3, 0.4) is 0 Å². The molecule has 1 N–H and O–H groups in total.